The minimum atomic E-state index is -0.527. The van der Waals surface area contributed by atoms with Crippen molar-refractivity contribution in [3.05, 3.63) is 51.6 Å². The van der Waals surface area contributed by atoms with Gasteiger partial charge in [-0.15, -0.1) is 0 Å². The zero-order valence-electron chi connectivity index (χ0n) is 15.0. The van der Waals surface area contributed by atoms with Crippen molar-refractivity contribution >= 4 is 45.7 Å². The first kappa shape index (κ1) is 19.5. The van der Waals surface area contributed by atoms with E-state index in [1.807, 2.05) is 25.1 Å². The molecule has 142 valence electrons. The van der Waals surface area contributed by atoms with Crippen molar-refractivity contribution in [2.45, 2.75) is 19.3 Å². The molecule has 0 aliphatic rings. The van der Waals surface area contributed by atoms with Crippen molar-refractivity contribution in [1.82, 2.24) is 10.2 Å². The quantitative estimate of drug-likeness (QED) is 0.569. The number of aryl methyl sites for hydroxylation is 1. The van der Waals surface area contributed by atoms with Crippen LogP contribution in [-0.2, 0) is 4.79 Å². The molecule has 0 fully saturated rings. The number of ether oxygens (including phenoxy) is 1. The number of benzene rings is 2. The minimum absolute atomic E-state index is 0.197. The van der Waals surface area contributed by atoms with Crippen molar-refractivity contribution < 1.29 is 9.53 Å². The van der Waals surface area contributed by atoms with Crippen LogP contribution in [0, 0.1) is 6.92 Å². The van der Waals surface area contributed by atoms with Crippen molar-refractivity contribution in [3.63, 3.8) is 0 Å². The van der Waals surface area contributed by atoms with Gasteiger partial charge in [0.1, 0.15) is 10.8 Å². The lowest BCUT2D eigenvalue weighted by atomic mass is 9.93. The third kappa shape index (κ3) is 3.88. The first-order chi connectivity index (χ1) is 13.0. The van der Waals surface area contributed by atoms with E-state index < -0.39 is 5.92 Å². The number of amides is 1. The maximum Gasteiger partial charge on any atom is 0.232 e. The van der Waals surface area contributed by atoms with Crippen molar-refractivity contribution in [1.29, 1.82) is 0 Å². The number of nitrogens with two attached hydrogens (primary N) is 1. The number of anilines is 1. The Morgan fingerprint density at radius 1 is 1.33 bits per heavy atom. The fraction of sp³-hybridized carbons (Fsp3) is 0.263. The van der Waals surface area contributed by atoms with Gasteiger partial charge in [0.2, 0.25) is 5.91 Å². The maximum absolute atomic E-state index is 13.0. The summed E-state index contributed by atoms with van der Waals surface area (Å²) in [6.45, 7) is 2.26. The second kappa shape index (κ2) is 8.17. The summed E-state index contributed by atoms with van der Waals surface area (Å²) < 4.78 is 5.40. The molecule has 1 amide bonds. The lowest BCUT2D eigenvalue weighted by Gasteiger charge is -2.20. The van der Waals surface area contributed by atoms with E-state index in [2.05, 4.69) is 15.5 Å². The molecule has 0 aliphatic heterocycles. The van der Waals surface area contributed by atoms with Gasteiger partial charge < -0.3 is 15.8 Å². The van der Waals surface area contributed by atoms with E-state index in [4.69, 9.17) is 33.7 Å². The van der Waals surface area contributed by atoms with Crippen LogP contribution in [0.4, 0.5) is 5.69 Å². The molecule has 2 aromatic carbocycles. The van der Waals surface area contributed by atoms with E-state index in [-0.39, 0.29) is 10.9 Å². The molecule has 8 heteroatoms. The average Bonchev–Trinajstić information content (AvgIpc) is 3.02. The zero-order chi connectivity index (χ0) is 19.6. The number of carbonyl (C=O) groups is 1. The van der Waals surface area contributed by atoms with Gasteiger partial charge in [0.15, 0.2) is 0 Å². The van der Waals surface area contributed by atoms with Crippen LogP contribution >= 0.6 is 23.2 Å². The molecule has 3 rings (SSSR count). The van der Waals surface area contributed by atoms with Crippen LogP contribution in [0.25, 0.3) is 10.9 Å². The van der Waals surface area contributed by atoms with Gasteiger partial charge >= 0.3 is 0 Å². The third-order valence-corrected chi connectivity index (χ3v) is 5.23. The SMILES string of the molecule is COc1c(C(CCN)C(=O)Nc2ccc3n[nH]c(C)c3c2)ccc(Cl)c1Cl. The number of aromatic nitrogens is 2. The smallest absolute Gasteiger partial charge is 0.232 e. The van der Waals surface area contributed by atoms with E-state index in [1.54, 1.807) is 12.1 Å². The van der Waals surface area contributed by atoms with Crippen LogP contribution in [0.5, 0.6) is 5.75 Å². The van der Waals surface area contributed by atoms with Gasteiger partial charge in [-0.1, -0.05) is 29.3 Å². The zero-order valence-corrected chi connectivity index (χ0v) is 16.5. The van der Waals surface area contributed by atoms with Crippen LogP contribution in [-0.4, -0.2) is 29.8 Å². The van der Waals surface area contributed by atoms with E-state index >= 15 is 0 Å². The Labute approximate surface area is 167 Å². The summed E-state index contributed by atoms with van der Waals surface area (Å²) in [5.74, 6) is -0.336. The summed E-state index contributed by atoms with van der Waals surface area (Å²) in [5, 5.41) is 11.7. The molecule has 1 atom stereocenters. The largest absolute Gasteiger partial charge is 0.495 e. The maximum atomic E-state index is 13.0. The predicted molar refractivity (Wildman–Crippen MR) is 109 cm³/mol. The number of aromatic amines is 1. The summed E-state index contributed by atoms with van der Waals surface area (Å²) in [6, 6.07) is 8.95. The van der Waals surface area contributed by atoms with Gasteiger partial charge in [-0.25, -0.2) is 0 Å². The van der Waals surface area contributed by atoms with E-state index in [0.29, 0.717) is 35.0 Å². The topological polar surface area (TPSA) is 93.0 Å². The average molecular weight is 407 g/mol. The lowest BCUT2D eigenvalue weighted by Crippen LogP contribution is -2.24. The molecule has 3 aromatic rings. The highest BCUT2D eigenvalue weighted by molar-refractivity contribution is 6.43. The molecule has 0 radical (unpaired) electrons. The highest BCUT2D eigenvalue weighted by Gasteiger charge is 2.26. The molecule has 1 heterocycles. The monoisotopic (exact) mass is 406 g/mol. The third-order valence-electron chi connectivity index (χ3n) is 4.44. The highest BCUT2D eigenvalue weighted by atomic mass is 35.5. The highest BCUT2D eigenvalue weighted by Crippen LogP contribution is 2.39. The van der Waals surface area contributed by atoms with E-state index in [1.165, 1.54) is 7.11 Å². The summed E-state index contributed by atoms with van der Waals surface area (Å²) in [4.78, 5) is 13.0. The fourth-order valence-electron chi connectivity index (χ4n) is 3.07. The predicted octanol–water partition coefficient (Wildman–Crippen LogP) is 4.26. The summed E-state index contributed by atoms with van der Waals surface area (Å²) >= 11 is 12.3. The molecule has 0 saturated heterocycles. The van der Waals surface area contributed by atoms with Gasteiger partial charge in [0.05, 0.1) is 23.6 Å². The van der Waals surface area contributed by atoms with Crippen LogP contribution in [0.15, 0.2) is 30.3 Å². The minimum Gasteiger partial charge on any atom is -0.495 e. The normalized spacial score (nSPS) is 12.2. The number of methoxy groups -OCH3 is 1. The van der Waals surface area contributed by atoms with Crippen LogP contribution < -0.4 is 15.8 Å². The number of fused-ring (bicyclic) bond motifs is 1. The molecule has 6 nitrogen and oxygen atoms in total. The standard InChI is InChI=1S/C19H20Cl2N4O2/c1-10-14-9-11(3-6-16(14)25-24-10)23-19(26)13(7-8-22)12-4-5-15(20)17(21)18(12)27-2/h3-6,9,13H,7-8,22H2,1-2H3,(H,23,26)(H,24,25). The molecular formula is C19H20Cl2N4O2. The summed E-state index contributed by atoms with van der Waals surface area (Å²) in [6.07, 6.45) is 0.438. The molecule has 0 bridgehead atoms. The number of H-pyrrole nitrogens is 1. The molecule has 1 aromatic heterocycles. The van der Waals surface area contributed by atoms with E-state index in [9.17, 15) is 4.79 Å². The second-order valence-electron chi connectivity index (χ2n) is 6.18. The first-order valence-electron chi connectivity index (χ1n) is 8.43. The van der Waals surface area contributed by atoms with Crippen LogP contribution in [0.1, 0.15) is 23.6 Å². The fourth-order valence-corrected chi connectivity index (χ4v) is 3.47. The number of nitrogens with one attached hydrogen (secondary N) is 2. The number of hydrogen-bond acceptors (Lipinski definition) is 4. The van der Waals surface area contributed by atoms with Gasteiger partial charge in [-0.05, 0) is 44.2 Å². The molecular weight excluding hydrogens is 387 g/mol. The van der Waals surface area contributed by atoms with Gasteiger partial charge in [0, 0.05) is 22.3 Å². The number of rotatable bonds is 6. The summed E-state index contributed by atoms with van der Waals surface area (Å²) in [7, 11) is 1.49. The second-order valence-corrected chi connectivity index (χ2v) is 6.97. The first-order valence-corrected chi connectivity index (χ1v) is 9.19. The van der Waals surface area contributed by atoms with Crippen molar-refractivity contribution in [2.75, 3.05) is 19.0 Å². The molecule has 4 N–H and O–H groups in total. The summed E-state index contributed by atoms with van der Waals surface area (Å²) in [5.41, 5.74) is 8.85. The number of halogens is 2. The Morgan fingerprint density at radius 2 is 2.11 bits per heavy atom. The van der Waals surface area contributed by atoms with E-state index in [0.717, 1.165) is 16.6 Å². The molecule has 27 heavy (non-hydrogen) atoms. The van der Waals surface area contributed by atoms with Gasteiger partial charge in [0.25, 0.3) is 0 Å². The lowest BCUT2D eigenvalue weighted by molar-refractivity contribution is -0.117. The molecule has 1 unspecified atom stereocenters. The number of nitrogens with zero attached hydrogens (tertiary/aromatic N) is 1. The van der Waals surface area contributed by atoms with Crippen LogP contribution in [0.2, 0.25) is 10.0 Å². The Morgan fingerprint density at radius 3 is 2.81 bits per heavy atom. The molecule has 0 aliphatic carbocycles. The molecule has 0 saturated carbocycles. The molecule has 0 spiro atoms. The van der Waals surface area contributed by atoms with Crippen molar-refractivity contribution in [2.24, 2.45) is 5.73 Å². The number of hydrogen-bond donors (Lipinski definition) is 3. The van der Waals surface area contributed by atoms with Crippen molar-refractivity contribution in [3.8, 4) is 5.75 Å². The Bertz CT molecular complexity index is 987. The van der Waals surface area contributed by atoms with Gasteiger partial charge in [-0.3, -0.25) is 9.89 Å². The number of carbonyl (C=O) groups excluding carboxylic acids is 1. The van der Waals surface area contributed by atoms with Gasteiger partial charge in [-0.2, -0.15) is 5.10 Å². The Balaban J connectivity index is 1.93. The Hall–Kier alpha value is -2.28. The van der Waals surface area contributed by atoms with Crippen LogP contribution in [0.3, 0.4) is 0 Å². The Kier molecular flexibility index (Phi) is 5.89.